The van der Waals surface area contributed by atoms with Crippen molar-refractivity contribution in [2.45, 2.75) is 32.4 Å². The number of rotatable bonds is 9. The van der Waals surface area contributed by atoms with Crippen molar-refractivity contribution in [3.8, 4) is 11.6 Å². The van der Waals surface area contributed by atoms with Crippen molar-refractivity contribution >= 4 is 5.69 Å². The van der Waals surface area contributed by atoms with Gasteiger partial charge in [0.25, 0.3) is 5.56 Å². The number of pyridine rings is 1. The molecule has 4 rings (SSSR count). The zero-order valence-electron chi connectivity index (χ0n) is 17.4. The molecule has 3 heterocycles. The highest BCUT2D eigenvalue weighted by molar-refractivity contribution is 5.43. The molecule has 0 unspecified atom stereocenters. The Balaban J connectivity index is 1.35. The number of hydrogen-bond acceptors (Lipinski definition) is 7. The number of nitrogens with one attached hydrogen (secondary N) is 1. The fraction of sp³-hybridized carbons (Fsp3) is 0.429. The summed E-state index contributed by atoms with van der Waals surface area (Å²) in [5, 5.41) is 11.8. The van der Waals surface area contributed by atoms with Gasteiger partial charge in [0.05, 0.1) is 32.2 Å². The summed E-state index contributed by atoms with van der Waals surface area (Å²) in [6.07, 6.45) is 4.68. The van der Waals surface area contributed by atoms with Crippen molar-refractivity contribution in [1.29, 1.82) is 0 Å². The van der Waals surface area contributed by atoms with Crippen LogP contribution in [0.3, 0.4) is 0 Å². The number of hydrogen-bond donors (Lipinski definition) is 1. The van der Waals surface area contributed by atoms with Gasteiger partial charge in [-0.2, -0.15) is 5.10 Å². The summed E-state index contributed by atoms with van der Waals surface area (Å²) in [4.78, 5) is 16.8. The Labute approximate surface area is 174 Å². The third-order valence-electron chi connectivity index (χ3n) is 5.26. The molecular formula is C21H26N6O3. The molecule has 3 aromatic rings. The lowest BCUT2D eigenvalue weighted by atomic mass is 10.2. The van der Waals surface area contributed by atoms with E-state index in [1.165, 1.54) is 4.68 Å². The second-order valence-electron chi connectivity index (χ2n) is 7.38. The first-order valence-electron chi connectivity index (χ1n) is 10.0. The molecular weight excluding hydrogens is 384 g/mol. The van der Waals surface area contributed by atoms with Gasteiger partial charge in [-0.05, 0) is 31.5 Å². The molecule has 1 saturated carbocycles. The van der Waals surface area contributed by atoms with Crippen molar-refractivity contribution < 1.29 is 9.47 Å². The number of ether oxygens (including phenoxy) is 2. The smallest absolute Gasteiger partial charge is 0.290 e. The highest BCUT2D eigenvalue weighted by Gasteiger charge is 2.40. The molecule has 0 aromatic carbocycles. The van der Waals surface area contributed by atoms with Crippen LogP contribution >= 0.6 is 0 Å². The van der Waals surface area contributed by atoms with Gasteiger partial charge in [0.1, 0.15) is 11.4 Å². The Bertz CT molecular complexity index is 1060. The lowest BCUT2D eigenvalue weighted by Crippen LogP contribution is -2.24. The van der Waals surface area contributed by atoms with E-state index >= 15 is 0 Å². The van der Waals surface area contributed by atoms with E-state index in [0.717, 1.165) is 30.1 Å². The Morgan fingerprint density at radius 3 is 2.83 bits per heavy atom. The summed E-state index contributed by atoms with van der Waals surface area (Å²) in [6, 6.07) is 7.51. The SMILES string of the molecule is CCn1ccc(CNc2cc(OC[C@H]3C[C@@H]3c3ccc(OC)cn3)nn(C)c2=O)n1. The van der Waals surface area contributed by atoms with Gasteiger partial charge in [0.15, 0.2) is 0 Å². The lowest BCUT2D eigenvalue weighted by molar-refractivity contribution is 0.278. The summed E-state index contributed by atoms with van der Waals surface area (Å²) < 4.78 is 14.2. The zero-order valence-corrected chi connectivity index (χ0v) is 17.4. The molecule has 0 spiro atoms. The van der Waals surface area contributed by atoms with E-state index in [1.54, 1.807) is 26.4 Å². The third kappa shape index (κ3) is 4.45. The Hall–Kier alpha value is -3.36. The normalized spacial score (nSPS) is 17.6. The van der Waals surface area contributed by atoms with Gasteiger partial charge in [-0.1, -0.05) is 0 Å². The zero-order chi connectivity index (χ0) is 21.1. The fourth-order valence-corrected chi connectivity index (χ4v) is 3.36. The van der Waals surface area contributed by atoms with E-state index in [9.17, 15) is 4.79 Å². The minimum absolute atomic E-state index is 0.205. The maximum absolute atomic E-state index is 12.4. The maximum atomic E-state index is 12.4. The minimum Gasteiger partial charge on any atom is -0.495 e. The van der Waals surface area contributed by atoms with Crippen LogP contribution in [0.5, 0.6) is 11.6 Å². The van der Waals surface area contributed by atoms with Crippen LogP contribution in [0.25, 0.3) is 0 Å². The van der Waals surface area contributed by atoms with E-state index in [-0.39, 0.29) is 5.56 Å². The molecule has 2 atom stereocenters. The molecule has 0 aliphatic heterocycles. The largest absolute Gasteiger partial charge is 0.495 e. The van der Waals surface area contributed by atoms with Gasteiger partial charge >= 0.3 is 0 Å². The van der Waals surface area contributed by atoms with Gasteiger partial charge < -0.3 is 14.8 Å². The highest BCUT2D eigenvalue weighted by atomic mass is 16.5. The molecule has 0 saturated heterocycles. The van der Waals surface area contributed by atoms with E-state index in [2.05, 4.69) is 20.5 Å². The van der Waals surface area contributed by atoms with Crippen LogP contribution in [-0.2, 0) is 20.1 Å². The Morgan fingerprint density at radius 1 is 1.27 bits per heavy atom. The second kappa shape index (κ2) is 8.56. The van der Waals surface area contributed by atoms with Crippen LogP contribution in [0.4, 0.5) is 5.69 Å². The molecule has 0 bridgehead atoms. The number of anilines is 1. The minimum atomic E-state index is -0.205. The van der Waals surface area contributed by atoms with Crippen molar-refractivity contribution in [1.82, 2.24) is 24.5 Å². The van der Waals surface area contributed by atoms with E-state index < -0.39 is 0 Å². The van der Waals surface area contributed by atoms with E-state index in [0.29, 0.717) is 36.6 Å². The van der Waals surface area contributed by atoms with Crippen LogP contribution in [0.1, 0.15) is 30.7 Å². The predicted octanol–water partition coefficient (Wildman–Crippen LogP) is 2.19. The molecule has 1 N–H and O–H groups in total. The average Bonchev–Trinajstić information content (AvgIpc) is 3.40. The summed E-state index contributed by atoms with van der Waals surface area (Å²) in [5.41, 5.74) is 2.15. The first kappa shape index (κ1) is 19.9. The number of nitrogens with zero attached hydrogens (tertiary/aromatic N) is 5. The third-order valence-corrected chi connectivity index (χ3v) is 5.26. The van der Waals surface area contributed by atoms with Gasteiger partial charge in [0, 0.05) is 43.4 Å². The quantitative estimate of drug-likeness (QED) is 0.578. The standard InChI is InChI=1S/C21H26N6O3/c1-4-27-8-7-15(24-27)11-22-19-10-20(25-26(2)21(19)28)30-13-14-9-17(14)18-6-5-16(29-3)12-23-18/h5-8,10,12,14,17,22H,4,9,11,13H2,1-3H3/t14-,17+/m1/s1. The van der Waals surface area contributed by atoms with Crippen molar-refractivity contribution in [3.63, 3.8) is 0 Å². The summed E-state index contributed by atoms with van der Waals surface area (Å²) >= 11 is 0. The monoisotopic (exact) mass is 410 g/mol. The molecule has 3 aromatic heterocycles. The van der Waals surface area contributed by atoms with Crippen molar-refractivity contribution in [3.05, 3.63) is 58.4 Å². The summed E-state index contributed by atoms with van der Waals surface area (Å²) in [6.45, 7) is 3.83. The van der Waals surface area contributed by atoms with Gasteiger partial charge in [-0.15, -0.1) is 5.10 Å². The van der Waals surface area contributed by atoms with Crippen LogP contribution in [-0.4, -0.2) is 38.3 Å². The predicted molar refractivity (Wildman–Crippen MR) is 112 cm³/mol. The molecule has 0 amide bonds. The van der Waals surface area contributed by atoms with Crippen LogP contribution < -0.4 is 20.3 Å². The van der Waals surface area contributed by atoms with Crippen LogP contribution in [0.15, 0.2) is 41.5 Å². The maximum Gasteiger partial charge on any atom is 0.290 e. The summed E-state index contributed by atoms with van der Waals surface area (Å²) in [7, 11) is 3.25. The van der Waals surface area contributed by atoms with Gasteiger partial charge in [-0.25, -0.2) is 4.68 Å². The Kier molecular flexibility index (Phi) is 5.69. The fourth-order valence-electron chi connectivity index (χ4n) is 3.36. The first-order valence-corrected chi connectivity index (χ1v) is 10.0. The van der Waals surface area contributed by atoms with Crippen molar-refractivity contribution in [2.24, 2.45) is 13.0 Å². The van der Waals surface area contributed by atoms with Gasteiger partial charge in [-0.3, -0.25) is 14.5 Å². The first-order chi connectivity index (χ1) is 14.6. The lowest BCUT2D eigenvalue weighted by Gasteiger charge is -2.10. The number of aromatic nitrogens is 5. The molecule has 158 valence electrons. The van der Waals surface area contributed by atoms with Gasteiger partial charge in [0.2, 0.25) is 5.88 Å². The van der Waals surface area contributed by atoms with E-state index in [1.807, 2.05) is 36.0 Å². The topological polar surface area (TPSA) is 96.1 Å². The number of aryl methyl sites for hydroxylation is 2. The molecule has 1 aliphatic rings. The van der Waals surface area contributed by atoms with Crippen LogP contribution in [0.2, 0.25) is 0 Å². The second-order valence-corrected chi connectivity index (χ2v) is 7.38. The Morgan fingerprint density at radius 2 is 2.13 bits per heavy atom. The molecule has 30 heavy (non-hydrogen) atoms. The molecule has 9 nitrogen and oxygen atoms in total. The highest BCUT2D eigenvalue weighted by Crippen LogP contribution is 2.46. The number of methoxy groups -OCH3 is 1. The average molecular weight is 410 g/mol. The van der Waals surface area contributed by atoms with Crippen LogP contribution in [0, 0.1) is 5.92 Å². The molecule has 1 fully saturated rings. The molecule has 0 radical (unpaired) electrons. The molecule has 1 aliphatic carbocycles. The molecule has 9 heteroatoms. The van der Waals surface area contributed by atoms with Crippen molar-refractivity contribution in [2.75, 3.05) is 19.0 Å². The van der Waals surface area contributed by atoms with E-state index in [4.69, 9.17) is 9.47 Å². The summed E-state index contributed by atoms with van der Waals surface area (Å²) in [5.74, 6) is 1.95.